The van der Waals surface area contributed by atoms with Gasteiger partial charge in [0.15, 0.2) is 0 Å². The molecule has 0 unspecified atom stereocenters. The fourth-order valence-electron chi connectivity index (χ4n) is 5.74. The third kappa shape index (κ3) is 6.80. The monoisotopic (exact) mass is 584 g/mol. The number of hydrogen-bond donors (Lipinski definition) is 1. The van der Waals surface area contributed by atoms with E-state index in [0.717, 1.165) is 31.1 Å². The van der Waals surface area contributed by atoms with Gasteiger partial charge in [-0.15, -0.1) is 0 Å². The van der Waals surface area contributed by atoms with Crippen molar-refractivity contribution < 1.29 is 27.9 Å². The third-order valence-electron chi connectivity index (χ3n) is 8.00. The number of aromatic nitrogens is 3. The van der Waals surface area contributed by atoms with Crippen molar-refractivity contribution in [1.29, 1.82) is 0 Å². The highest BCUT2D eigenvalue weighted by molar-refractivity contribution is 6.76. The van der Waals surface area contributed by atoms with Crippen LogP contribution in [0.3, 0.4) is 0 Å². The van der Waals surface area contributed by atoms with E-state index >= 15 is 0 Å². The van der Waals surface area contributed by atoms with Crippen LogP contribution in [-0.4, -0.2) is 48.5 Å². The van der Waals surface area contributed by atoms with Crippen LogP contribution < -0.4 is 5.32 Å². The molecule has 2 fully saturated rings. The molecule has 2 aromatic heterocycles. The molecular weight excluding hydrogens is 543 g/mol. The van der Waals surface area contributed by atoms with Crippen LogP contribution in [0.1, 0.15) is 56.5 Å². The standard InChI is InChI=1S/C30H41FN4O5Si/c1-41(2,3)20-19-37-22-35-25(23-9-5-6-10-24(23)31)21-32-28(35)29(15-11-27(36)33-29)13-7-4-8-14-30(38-17-18-39-30)26-12-16-40-34-26/h5-6,9-10,12,16,21H,4,7-8,11,13-15,17-20,22H2,1-3H3,(H,33,36)/t29-/m0/s1. The number of unbranched alkanes of at least 4 members (excludes halogenated alkanes) is 2. The van der Waals surface area contributed by atoms with Crippen LogP contribution in [0, 0.1) is 5.82 Å². The second-order valence-corrected chi connectivity index (χ2v) is 17.9. The number of carbonyl (C=O) groups excluding carboxylic acids is 1. The predicted octanol–water partition coefficient (Wildman–Crippen LogP) is 5.95. The Balaban J connectivity index is 1.32. The molecule has 2 aliphatic rings. The topological polar surface area (TPSA) is 101 Å². The van der Waals surface area contributed by atoms with Gasteiger partial charge in [0, 0.05) is 39.2 Å². The summed E-state index contributed by atoms with van der Waals surface area (Å²) in [6.07, 6.45) is 8.27. The highest BCUT2D eigenvalue weighted by Crippen LogP contribution is 2.40. The van der Waals surface area contributed by atoms with E-state index < -0.39 is 19.4 Å². The Morgan fingerprint density at radius 1 is 1.10 bits per heavy atom. The Bertz CT molecular complexity index is 1300. The van der Waals surface area contributed by atoms with Gasteiger partial charge in [-0.05, 0) is 37.4 Å². The van der Waals surface area contributed by atoms with E-state index in [4.69, 9.17) is 23.7 Å². The quantitative estimate of drug-likeness (QED) is 0.185. The molecule has 11 heteroatoms. The number of imidazole rings is 1. The summed E-state index contributed by atoms with van der Waals surface area (Å²) in [6.45, 7) is 8.85. The number of amides is 1. The largest absolute Gasteiger partial charge is 0.364 e. The summed E-state index contributed by atoms with van der Waals surface area (Å²) >= 11 is 0. The lowest BCUT2D eigenvalue weighted by Gasteiger charge is -2.30. The Hall–Kier alpha value is -2.86. The minimum atomic E-state index is -1.28. The molecule has 2 aliphatic heterocycles. The van der Waals surface area contributed by atoms with E-state index in [1.807, 2.05) is 10.6 Å². The van der Waals surface area contributed by atoms with Crippen molar-refractivity contribution in [3.63, 3.8) is 0 Å². The molecule has 222 valence electrons. The predicted molar refractivity (Wildman–Crippen MR) is 154 cm³/mol. The van der Waals surface area contributed by atoms with E-state index in [1.54, 1.807) is 24.4 Å². The molecule has 5 rings (SSSR count). The summed E-state index contributed by atoms with van der Waals surface area (Å²) in [7, 11) is -1.28. The van der Waals surface area contributed by atoms with Crippen molar-refractivity contribution in [3.8, 4) is 11.3 Å². The molecule has 4 heterocycles. The smallest absolute Gasteiger partial charge is 0.220 e. The Morgan fingerprint density at radius 2 is 1.88 bits per heavy atom. The lowest BCUT2D eigenvalue weighted by atomic mass is 9.89. The highest BCUT2D eigenvalue weighted by Gasteiger charge is 2.44. The van der Waals surface area contributed by atoms with Crippen LogP contribution in [0.2, 0.25) is 25.7 Å². The van der Waals surface area contributed by atoms with Gasteiger partial charge >= 0.3 is 0 Å². The minimum absolute atomic E-state index is 0.00406. The first-order valence-electron chi connectivity index (χ1n) is 14.6. The Morgan fingerprint density at radius 3 is 2.56 bits per heavy atom. The molecule has 1 amide bonds. The van der Waals surface area contributed by atoms with Crippen molar-refractivity contribution >= 4 is 14.0 Å². The number of nitrogens with one attached hydrogen (secondary N) is 1. The lowest BCUT2D eigenvalue weighted by Crippen LogP contribution is -2.41. The molecule has 9 nitrogen and oxygen atoms in total. The molecule has 3 aromatic rings. The normalized spacial score (nSPS) is 20.5. The van der Waals surface area contributed by atoms with E-state index in [2.05, 4.69) is 30.1 Å². The van der Waals surface area contributed by atoms with Gasteiger partial charge < -0.3 is 28.6 Å². The summed E-state index contributed by atoms with van der Waals surface area (Å²) in [5.74, 6) is -0.450. The summed E-state index contributed by atoms with van der Waals surface area (Å²) in [4.78, 5) is 17.4. The minimum Gasteiger partial charge on any atom is -0.364 e. The van der Waals surface area contributed by atoms with Gasteiger partial charge in [0.2, 0.25) is 11.7 Å². The molecular formula is C30H41FN4O5Si. The van der Waals surface area contributed by atoms with Crippen LogP contribution >= 0.6 is 0 Å². The lowest BCUT2D eigenvalue weighted by molar-refractivity contribution is -0.176. The highest BCUT2D eigenvalue weighted by atomic mass is 28.3. The molecule has 2 saturated heterocycles. The first kappa shape index (κ1) is 29.6. The molecule has 1 N–H and O–H groups in total. The second kappa shape index (κ2) is 12.6. The number of hydrogen-bond acceptors (Lipinski definition) is 7. The van der Waals surface area contributed by atoms with Gasteiger partial charge in [-0.3, -0.25) is 4.79 Å². The van der Waals surface area contributed by atoms with Crippen LogP contribution in [0.5, 0.6) is 0 Å². The van der Waals surface area contributed by atoms with Gasteiger partial charge in [0.1, 0.15) is 30.3 Å². The maximum absolute atomic E-state index is 14.9. The Labute approximate surface area is 241 Å². The van der Waals surface area contributed by atoms with Gasteiger partial charge in [0.25, 0.3) is 0 Å². The van der Waals surface area contributed by atoms with Crippen LogP contribution in [0.15, 0.2) is 47.3 Å². The summed E-state index contributed by atoms with van der Waals surface area (Å²) in [5, 5.41) is 7.30. The molecule has 1 atom stereocenters. The van der Waals surface area contributed by atoms with Crippen LogP contribution in [0.25, 0.3) is 11.3 Å². The number of halogens is 1. The van der Waals surface area contributed by atoms with Crippen molar-refractivity contribution in [2.24, 2.45) is 0 Å². The fourth-order valence-corrected chi connectivity index (χ4v) is 6.49. The SMILES string of the molecule is C[Si](C)(C)CCOCn1c(-c2ccccc2F)cnc1[C@]1(CCCCCC2(c3ccon3)OCCO2)CCC(=O)N1. The number of nitrogens with zero attached hydrogens (tertiary/aromatic N) is 3. The first-order valence-corrected chi connectivity index (χ1v) is 18.3. The van der Waals surface area contributed by atoms with Crippen molar-refractivity contribution in [3.05, 3.63) is 60.1 Å². The zero-order valence-corrected chi connectivity index (χ0v) is 25.3. The second-order valence-electron chi connectivity index (χ2n) is 12.2. The maximum Gasteiger partial charge on any atom is 0.220 e. The summed E-state index contributed by atoms with van der Waals surface area (Å²) in [6, 6.07) is 9.52. The molecule has 1 aromatic carbocycles. The van der Waals surface area contributed by atoms with Gasteiger partial charge in [-0.2, -0.15) is 0 Å². The van der Waals surface area contributed by atoms with E-state index in [1.165, 1.54) is 12.3 Å². The molecule has 0 radical (unpaired) electrons. The van der Waals surface area contributed by atoms with Gasteiger partial charge in [-0.1, -0.05) is 49.8 Å². The Kier molecular flexibility index (Phi) is 9.08. The molecule has 0 bridgehead atoms. The maximum atomic E-state index is 14.9. The van der Waals surface area contributed by atoms with E-state index in [0.29, 0.717) is 62.5 Å². The summed E-state index contributed by atoms with van der Waals surface area (Å²) in [5.41, 5.74) is 1.13. The number of carbonyl (C=O) groups is 1. The number of rotatable bonds is 14. The number of benzene rings is 1. The van der Waals surface area contributed by atoms with Crippen molar-refractivity contribution in [1.82, 2.24) is 20.0 Å². The average molecular weight is 585 g/mol. The van der Waals surface area contributed by atoms with Crippen LogP contribution in [-0.2, 0) is 37.1 Å². The number of ether oxygens (including phenoxy) is 3. The summed E-state index contributed by atoms with van der Waals surface area (Å²) < 4.78 is 40.0. The van der Waals surface area contributed by atoms with Crippen molar-refractivity contribution in [2.75, 3.05) is 19.8 Å². The molecule has 0 saturated carbocycles. The third-order valence-corrected chi connectivity index (χ3v) is 9.70. The molecule has 0 aliphatic carbocycles. The van der Waals surface area contributed by atoms with Gasteiger partial charge in [-0.25, -0.2) is 9.37 Å². The van der Waals surface area contributed by atoms with Crippen LogP contribution in [0.4, 0.5) is 4.39 Å². The van der Waals surface area contributed by atoms with E-state index in [9.17, 15) is 9.18 Å². The molecule has 41 heavy (non-hydrogen) atoms. The first-order chi connectivity index (χ1) is 19.7. The van der Waals surface area contributed by atoms with Gasteiger partial charge in [0.05, 0.1) is 30.6 Å². The zero-order chi connectivity index (χ0) is 28.9. The van der Waals surface area contributed by atoms with Crippen molar-refractivity contribution in [2.45, 2.75) is 88.7 Å². The van der Waals surface area contributed by atoms with E-state index in [-0.39, 0.29) is 18.5 Å². The fraction of sp³-hybridized carbons (Fsp3) is 0.567. The molecule has 0 spiro atoms. The average Bonchev–Trinajstić information content (AvgIpc) is 3.74. The zero-order valence-electron chi connectivity index (χ0n) is 24.3.